The Morgan fingerprint density at radius 2 is 2.28 bits per heavy atom. The van der Waals surface area contributed by atoms with Gasteiger partial charge in [-0.3, -0.25) is 4.79 Å². The number of hydrogen-bond acceptors (Lipinski definition) is 3. The fourth-order valence-corrected chi connectivity index (χ4v) is 2.13. The van der Waals surface area contributed by atoms with Crippen LogP contribution in [0.4, 0.5) is 10.1 Å². The van der Waals surface area contributed by atoms with Gasteiger partial charge in [0.05, 0.1) is 5.69 Å². The van der Waals surface area contributed by atoms with Gasteiger partial charge in [0.2, 0.25) is 5.91 Å². The molecule has 1 aliphatic rings. The molecule has 18 heavy (non-hydrogen) atoms. The van der Waals surface area contributed by atoms with Crippen LogP contribution in [0, 0.1) is 5.82 Å². The van der Waals surface area contributed by atoms with E-state index in [1.54, 1.807) is 12.1 Å². The van der Waals surface area contributed by atoms with Crippen molar-refractivity contribution in [1.82, 2.24) is 10.6 Å². The molecular formula is C13H18FN3O. The highest BCUT2D eigenvalue weighted by Crippen LogP contribution is 2.21. The standard InChI is InChI=1S/C13H18FN3O/c1-15-9-10-2-3-12(11(14)8-10)17-6-4-13(18)16-5-7-17/h2-3,8,15H,4-7,9H2,1H3,(H,16,18). The van der Waals surface area contributed by atoms with Gasteiger partial charge in [0.1, 0.15) is 5.82 Å². The molecule has 1 heterocycles. The molecule has 1 fully saturated rings. The summed E-state index contributed by atoms with van der Waals surface area (Å²) in [5.74, 6) is -0.193. The lowest BCUT2D eigenvalue weighted by molar-refractivity contribution is -0.120. The van der Waals surface area contributed by atoms with Crippen LogP contribution in [0.5, 0.6) is 0 Å². The predicted molar refractivity (Wildman–Crippen MR) is 69.0 cm³/mol. The number of rotatable bonds is 3. The van der Waals surface area contributed by atoms with E-state index >= 15 is 0 Å². The summed E-state index contributed by atoms with van der Waals surface area (Å²) in [7, 11) is 1.83. The fraction of sp³-hybridized carbons (Fsp3) is 0.462. The number of nitrogens with zero attached hydrogens (tertiary/aromatic N) is 1. The van der Waals surface area contributed by atoms with Crippen LogP contribution in [-0.2, 0) is 11.3 Å². The molecule has 0 aliphatic carbocycles. The highest BCUT2D eigenvalue weighted by molar-refractivity contribution is 5.77. The molecule has 0 radical (unpaired) electrons. The van der Waals surface area contributed by atoms with Crippen molar-refractivity contribution in [3.8, 4) is 0 Å². The molecule has 2 rings (SSSR count). The number of halogens is 1. The second-order valence-corrected chi connectivity index (χ2v) is 4.40. The molecule has 1 aromatic carbocycles. The summed E-state index contributed by atoms with van der Waals surface area (Å²) in [5, 5.41) is 5.77. The van der Waals surface area contributed by atoms with E-state index in [9.17, 15) is 9.18 Å². The molecule has 1 aliphatic heterocycles. The molecule has 0 atom stereocenters. The van der Waals surface area contributed by atoms with E-state index in [1.165, 1.54) is 0 Å². The highest BCUT2D eigenvalue weighted by Gasteiger charge is 2.16. The molecule has 0 spiro atoms. The maximum absolute atomic E-state index is 14.0. The Morgan fingerprint density at radius 3 is 3.00 bits per heavy atom. The summed E-state index contributed by atoms with van der Waals surface area (Å²) in [6.45, 7) is 2.43. The van der Waals surface area contributed by atoms with Gasteiger partial charge >= 0.3 is 0 Å². The molecule has 0 saturated carbocycles. The number of carbonyl (C=O) groups is 1. The molecule has 0 unspecified atom stereocenters. The summed E-state index contributed by atoms with van der Waals surface area (Å²) in [4.78, 5) is 13.2. The summed E-state index contributed by atoms with van der Waals surface area (Å²) in [5.41, 5.74) is 1.49. The van der Waals surface area contributed by atoms with Crippen LogP contribution < -0.4 is 15.5 Å². The summed E-state index contributed by atoms with van der Waals surface area (Å²) < 4.78 is 14.0. The minimum absolute atomic E-state index is 0.0321. The zero-order valence-corrected chi connectivity index (χ0v) is 10.5. The number of amides is 1. The maximum Gasteiger partial charge on any atom is 0.221 e. The first kappa shape index (κ1) is 12.8. The van der Waals surface area contributed by atoms with Crippen molar-refractivity contribution in [2.24, 2.45) is 0 Å². The van der Waals surface area contributed by atoms with Gasteiger partial charge in [-0.15, -0.1) is 0 Å². The topological polar surface area (TPSA) is 44.4 Å². The van der Waals surface area contributed by atoms with E-state index in [4.69, 9.17) is 0 Å². The van der Waals surface area contributed by atoms with Crippen molar-refractivity contribution in [3.05, 3.63) is 29.6 Å². The van der Waals surface area contributed by atoms with Gasteiger partial charge in [0.15, 0.2) is 0 Å². The van der Waals surface area contributed by atoms with Crippen LogP contribution in [0.3, 0.4) is 0 Å². The second-order valence-electron chi connectivity index (χ2n) is 4.40. The minimum Gasteiger partial charge on any atom is -0.367 e. The molecule has 1 aromatic rings. The molecule has 2 N–H and O–H groups in total. The lowest BCUT2D eigenvalue weighted by Gasteiger charge is -2.22. The van der Waals surface area contributed by atoms with Crippen LogP contribution in [0.25, 0.3) is 0 Å². The molecule has 1 amide bonds. The van der Waals surface area contributed by atoms with E-state index in [2.05, 4.69) is 10.6 Å². The van der Waals surface area contributed by atoms with Crippen LogP contribution in [0.1, 0.15) is 12.0 Å². The maximum atomic E-state index is 14.0. The van der Waals surface area contributed by atoms with Gasteiger partial charge in [-0.2, -0.15) is 0 Å². The largest absolute Gasteiger partial charge is 0.367 e. The van der Waals surface area contributed by atoms with Crippen LogP contribution >= 0.6 is 0 Å². The van der Waals surface area contributed by atoms with Crippen molar-refractivity contribution in [2.45, 2.75) is 13.0 Å². The van der Waals surface area contributed by atoms with Crippen molar-refractivity contribution in [3.63, 3.8) is 0 Å². The Hall–Kier alpha value is -1.62. The minimum atomic E-state index is -0.225. The first-order valence-corrected chi connectivity index (χ1v) is 6.15. The predicted octanol–water partition coefficient (Wildman–Crippen LogP) is 0.871. The zero-order valence-electron chi connectivity index (χ0n) is 10.5. The number of benzene rings is 1. The molecule has 5 heteroatoms. The quantitative estimate of drug-likeness (QED) is 0.838. The molecule has 0 aromatic heterocycles. The number of carbonyl (C=O) groups excluding carboxylic acids is 1. The fourth-order valence-electron chi connectivity index (χ4n) is 2.13. The highest BCUT2D eigenvalue weighted by atomic mass is 19.1. The third-order valence-electron chi connectivity index (χ3n) is 3.05. The van der Waals surface area contributed by atoms with E-state index in [1.807, 2.05) is 18.0 Å². The summed E-state index contributed by atoms with van der Waals surface area (Å²) in [6, 6.07) is 5.25. The molecule has 98 valence electrons. The Morgan fingerprint density at radius 1 is 1.44 bits per heavy atom. The summed E-state index contributed by atoms with van der Waals surface area (Å²) in [6.07, 6.45) is 0.414. The normalized spacial score (nSPS) is 16.3. The van der Waals surface area contributed by atoms with Crippen molar-refractivity contribution in [1.29, 1.82) is 0 Å². The van der Waals surface area contributed by atoms with Crippen molar-refractivity contribution < 1.29 is 9.18 Å². The average Bonchev–Trinajstić information content (AvgIpc) is 2.55. The monoisotopic (exact) mass is 251 g/mol. The molecule has 0 bridgehead atoms. The molecule has 1 saturated heterocycles. The Bertz CT molecular complexity index is 436. The van der Waals surface area contributed by atoms with Gasteiger partial charge in [-0.05, 0) is 24.7 Å². The SMILES string of the molecule is CNCc1ccc(N2CCNC(=O)CC2)c(F)c1. The van der Waals surface area contributed by atoms with E-state index < -0.39 is 0 Å². The van der Waals surface area contributed by atoms with Gasteiger partial charge in [-0.25, -0.2) is 4.39 Å². The lowest BCUT2D eigenvalue weighted by atomic mass is 10.1. The lowest BCUT2D eigenvalue weighted by Crippen LogP contribution is -2.29. The average molecular weight is 251 g/mol. The first-order chi connectivity index (χ1) is 8.70. The third-order valence-corrected chi connectivity index (χ3v) is 3.05. The Labute approximate surface area is 106 Å². The van der Waals surface area contributed by atoms with E-state index in [0.717, 1.165) is 5.56 Å². The number of hydrogen-bond donors (Lipinski definition) is 2. The van der Waals surface area contributed by atoms with Crippen LogP contribution in [-0.4, -0.2) is 32.6 Å². The van der Waals surface area contributed by atoms with Gasteiger partial charge < -0.3 is 15.5 Å². The van der Waals surface area contributed by atoms with Gasteiger partial charge in [0, 0.05) is 32.6 Å². The van der Waals surface area contributed by atoms with Crippen molar-refractivity contribution >= 4 is 11.6 Å². The Balaban J connectivity index is 2.14. The number of nitrogens with one attached hydrogen (secondary N) is 2. The number of anilines is 1. The zero-order chi connectivity index (χ0) is 13.0. The summed E-state index contributed by atoms with van der Waals surface area (Å²) >= 11 is 0. The Kier molecular flexibility index (Phi) is 4.15. The van der Waals surface area contributed by atoms with Crippen LogP contribution in [0.15, 0.2) is 18.2 Å². The smallest absolute Gasteiger partial charge is 0.221 e. The van der Waals surface area contributed by atoms with Crippen molar-refractivity contribution in [2.75, 3.05) is 31.6 Å². The molecule has 4 nitrogen and oxygen atoms in total. The molecular weight excluding hydrogens is 233 g/mol. The van der Waals surface area contributed by atoms with Gasteiger partial charge in [-0.1, -0.05) is 6.07 Å². The second kappa shape index (κ2) is 5.82. The van der Waals surface area contributed by atoms with Crippen LogP contribution in [0.2, 0.25) is 0 Å². The van der Waals surface area contributed by atoms with E-state index in [-0.39, 0.29) is 11.7 Å². The van der Waals surface area contributed by atoms with E-state index in [0.29, 0.717) is 38.3 Å². The third kappa shape index (κ3) is 2.98. The first-order valence-electron chi connectivity index (χ1n) is 6.15. The van der Waals surface area contributed by atoms with Gasteiger partial charge in [0.25, 0.3) is 0 Å².